The maximum atomic E-state index is 13.3. The predicted octanol–water partition coefficient (Wildman–Crippen LogP) is 5.18. The van der Waals surface area contributed by atoms with Gasteiger partial charge in [0.1, 0.15) is 0 Å². The first kappa shape index (κ1) is 16.4. The molecule has 3 nitrogen and oxygen atoms in total. The number of hydrogen-bond donors (Lipinski definition) is 1. The van der Waals surface area contributed by atoms with E-state index in [9.17, 15) is 18.0 Å². The van der Waals surface area contributed by atoms with Gasteiger partial charge in [0.15, 0.2) is 5.69 Å². The number of alkyl halides is 3. The van der Waals surface area contributed by atoms with Gasteiger partial charge in [0.25, 0.3) is 5.91 Å². The number of para-hydroxylation sites is 1. The SMILES string of the molecule is Cc1cccc(C)c1NC(=O)c1cc2sccc2nc1C(F)(F)F. The summed E-state index contributed by atoms with van der Waals surface area (Å²) in [6.07, 6.45) is -4.70. The fourth-order valence-electron chi connectivity index (χ4n) is 2.48. The van der Waals surface area contributed by atoms with Gasteiger partial charge in [-0.3, -0.25) is 4.79 Å². The van der Waals surface area contributed by atoms with E-state index >= 15 is 0 Å². The van der Waals surface area contributed by atoms with Gasteiger partial charge in [-0.2, -0.15) is 13.2 Å². The van der Waals surface area contributed by atoms with Crippen LogP contribution in [0.25, 0.3) is 10.2 Å². The number of carbonyl (C=O) groups excluding carboxylic acids is 1. The second kappa shape index (κ2) is 5.90. The van der Waals surface area contributed by atoms with Gasteiger partial charge in [0.05, 0.1) is 15.8 Å². The van der Waals surface area contributed by atoms with E-state index in [1.54, 1.807) is 31.4 Å². The summed E-state index contributed by atoms with van der Waals surface area (Å²) in [5.41, 5.74) is 0.666. The third-order valence-corrected chi connectivity index (χ3v) is 4.52. The molecule has 124 valence electrons. The lowest BCUT2D eigenvalue weighted by atomic mass is 10.1. The molecule has 0 radical (unpaired) electrons. The first-order valence-corrected chi connectivity index (χ1v) is 7.98. The molecule has 0 bridgehead atoms. The summed E-state index contributed by atoms with van der Waals surface area (Å²) in [4.78, 5) is 16.1. The molecule has 24 heavy (non-hydrogen) atoms. The molecule has 0 unspecified atom stereocenters. The second-order valence-corrected chi connectivity index (χ2v) is 6.35. The van der Waals surface area contributed by atoms with Gasteiger partial charge in [0, 0.05) is 5.69 Å². The molecule has 0 aliphatic heterocycles. The van der Waals surface area contributed by atoms with Gasteiger partial charge < -0.3 is 5.32 Å². The van der Waals surface area contributed by atoms with Crippen molar-refractivity contribution in [2.75, 3.05) is 5.32 Å². The molecule has 1 N–H and O–H groups in total. The molecule has 2 aromatic heterocycles. The largest absolute Gasteiger partial charge is 0.434 e. The minimum absolute atomic E-state index is 0.232. The number of pyridine rings is 1. The second-order valence-electron chi connectivity index (χ2n) is 5.41. The van der Waals surface area contributed by atoms with E-state index < -0.39 is 23.3 Å². The summed E-state index contributed by atoms with van der Waals surface area (Å²) >= 11 is 1.24. The van der Waals surface area contributed by atoms with Gasteiger partial charge in [-0.25, -0.2) is 4.98 Å². The molecule has 0 aliphatic carbocycles. The van der Waals surface area contributed by atoms with E-state index in [4.69, 9.17) is 0 Å². The van der Waals surface area contributed by atoms with Crippen molar-refractivity contribution < 1.29 is 18.0 Å². The fourth-order valence-corrected chi connectivity index (χ4v) is 3.24. The Morgan fingerprint density at radius 2 is 1.83 bits per heavy atom. The number of anilines is 1. The number of nitrogens with zero attached hydrogens (tertiary/aromatic N) is 1. The standard InChI is InChI=1S/C17H13F3N2OS/c1-9-4-3-5-10(2)14(9)22-16(23)11-8-13-12(6-7-24-13)21-15(11)17(18,19)20/h3-8H,1-2H3,(H,22,23). The molecule has 0 aliphatic rings. The highest BCUT2D eigenvalue weighted by Crippen LogP contribution is 2.34. The van der Waals surface area contributed by atoms with Gasteiger partial charge in [-0.15, -0.1) is 11.3 Å². The molecule has 1 amide bonds. The van der Waals surface area contributed by atoms with E-state index in [1.807, 2.05) is 6.07 Å². The molecule has 0 fully saturated rings. The minimum Gasteiger partial charge on any atom is -0.321 e. The van der Waals surface area contributed by atoms with Gasteiger partial charge in [-0.1, -0.05) is 18.2 Å². The predicted molar refractivity (Wildman–Crippen MR) is 88.5 cm³/mol. The van der Waals surface area contributed by atoms with E-state index in [2.05, 4.69) is 10.3 Å². The molecule has 0 atom stereocenters. The third kappa shape index (κ3) is 2.99. The van der Waals surface area contributed by atoms with Crippen molar-refractivity contribution in [1.29, 1.82) is 0 Å². The number of thiophene rings is 1. The van der Waals surface area contributed by atoms with Crippen LogP contribution in [0.4, 0.5) is 18.9 Å². The highest BCUT2D eigenvalue weighted by molar-refractivity contribution is 7.17. The molecular weight excluding hydrogens is 337 g/mol. The number of hydrogen-bond acceptors (Lipinski definition) is 3. The average molecular weight is 350 g/mol. The topological polar surface area (TPSA) is 42.0 Å². The van der Waals surface area contributed by atoms with Crippen LogP contribution in [0.3, 0.4) is 0 Å². The first-order chi connectivity index (χ1) is 11.3. The highest BCUT2D eigenvalue weighted by atomic mass is 32.1. The number of aromatic nitrogens is 1. The van der Waals surface area contributed by atoms with E-state index in [0.29, 0.717) is 10.4 Å². The maximum absolute atomic E-state index is 13.3. The van der Waals surface area contributed by atoms with Crippen molar-refractivity contribution in [3.05, 3.63) is 58.1 Å². The molecule has 0 saturated heterocycles. The Labute approximate surface area is 140 Å². The zero-order valence-corrected chi connectivity index (χ0v) is 13.7. The number of fused-ring (bicyclic) bond motifs is 1. The number of rotatable bonds is 2. The van der Waals surface area contributed by atoms with E-state index in [0.717, 1.165) is 11.1 Å². The number of halogens is 3. The first-order valence-electron chi connectivity index (χ1n) is 7.10. The summed E-state index contributed by atoms with van der Waals surface area (Å²) in [5.74, 6) is -0.817. The van der Waals surface area contributed by atoms with Gasteiger partial charge in [-0.05, 0) is 42.5 Å². The Morgan fingerprint density at radius 1 is 1.17 bits per heavy atom. The molecule has 2 heterocycles. The summed E-state index contributed by atoms with van der Waals surface area (Å²) in [6, 6.07) is 8.14. The quantitative estimate of drug-likeness (QED) is 0.691. The van der Waals surface area contributed by atoms with Crippen molar-refractivity contribution in [3.63, 3.8) is 0 Å². The molecule has 7 heteroatoms. The summed E-state index contributed by atoms with van der Waals surface area (Å²) in [6.45, 7) is 3.57. The molecule has 0 spiro atoms. The maximum Gasteiger partial charge on any atom is 0.434 e. The molecule has 3 rings (SSSR count). The van der Waals surface area contributed by atoms with E-state index in [1.165, 1.54) is 23.5 Å². The zero-order valence-electron chi connectivity index (χ0n) is 12.9. The van der Waals surface area contributed by atoms with Crippen LogP contribution in [0, 0.1) is 13.8 Å². The van der Waals surface area contributed by atoms with Crippen LogP contribution in [0.1, 0.15) is 27.2 Å². The van der Waals surface area contributed by atoms with Crippen LogP contribution in [-0.4, -0.2) is 10.9 Å². The van der Waals surface area contributed by atoms with Crippen molar-refractivity contribution >= 4 is 33.1 Å². The summed E-state index contributed by atoms with van der Waals surface area (Å²) in [5, 5.41) is 4.23. The van der Waals surface area contributed by atoms with Crippen LogP contribution in [0.15, 0.2) is 35.7 Å². The Bertz CT molecular complexity index is 911. The Morgan fingerprint density at radius 3 is 2.46 bits per heavy atom. The smallest absolute Gasteiger partial charge is 0.321 e. The zero-order chi connectivity index (χ0) is 17.5. The van der Waals surface area contributed by atoms with Crippen molar-refractivity contribution in [1.82, 2.24) is 4.98 Å². The lowest BCUT2D eigenvalue weighted by Crippen LogP contribution is -2.21. The molecule has 0 saturated carbocycles. The number of aryl methyl sites for hydroxylation is 2. The van der Waals surface area contributed by atoms with E-state index in [-0.39, 0.29) is 5.52 Å². The third-order valence-electron chi connectivity index (χ3n) is 3.67. The Kier molecular flexibility index (Phi) is 4.04. The lowest BCUT2D eigenvalue weighted by molar-refractivity contribution is -0.141. The van der Waals surface area contributed by atoms with Gasteiger partial charge >= 0.3 is 6.18 Å². The fraction of sp³-hybridized carbons (Fsp3) is 0.176. The molecule has 3 aromatic rings. The normalized spacial score (nSPS) is 11.7. The Hall–Kier alpha value is -2.41. The molecule has 1 aromatic carbocycles. The number of nitrogens with one attached hydrogen (secondary N) is 1. The van der Waals surface area contributed by atoms with Crippen LogP contribution in [0.5, 0.6) is 0 Å². The lowest BCUT2D eigenvalue weighted by Gasteiger charge is -2.15. The monoisotopic (exact) mass is 350 g/mol. The van der Waals surface area contributed by atoms with Crippen molar-refractivity contribution in [3.8, 4) is 0 Å². The average Bonchev–Trinajstić information content (AvgIpc) is 2.96. The highest BCUT2D eigenvalue weighted by Gasteiger charge is 2.38. The number of amides is 1. The Balaban J connectivity index is 2.09. The van der Waals surface area contributed by atoms with Crippen LogP contribution in [-0.2, 0) is 6.18 Å². The summed E-state index contributed by atoms with van der Waals surface area (Å²) in [7, 11) is 0. The van der Waals surface area contributed by atoms with Crippen LogP contribution in [0.2, 0.25) is 0 Å². The molecular formula is C17H13F3N2OS. The van der Waals surface area contributed by atoms with Crippen LogP contribution < -0.4 is 5.32 Å². The minimum atomic E-state index is -4.70. The number of benzene rings is 1. The van der Waals surface area contributed by atoms with Crippen LogP contribution >= 0.6 is 11.3 Å². The summed E-state index contributed by atoms with van der Waals surface area (Å²) < 4.78 is 40.4. The van der Waals surface area contributed by atoms with Gasteiger partial charge in [0.2, 0.25) is 0 Å². The van der Waals surface area contributed by atoms with Crippen molar-refractivity contribution in [2.45, 2.75) is 20.0 Å². The number of carbonyl (C=O) groups is 1. The van der Waals surface area contributed by atoms with Crippen molar-refractivity contribution in [2.24, 2.45) is 0 Å².